The van der Waals surface area contributed by atoms with Crippen molar-refractivity contribution in [1.82, 2.24) is 0 Å². The zero-order valence-corrected chi connectivity index (χ0v) is 9.06. The molecule has 0 radical (unpaired) electrons. The first-order valence-corrected chi connectivity index (χ1v) is 4.55. The molecule has 0 unspecified atom stereocenters. The van der Waals surface area contributed by atoms with Crippen LogP contribution in [0.15, 0.2) is 22.3 Å². The van der Waals surface area contributed by atoms with E-state index in [1.807, 2.05) is 0 Å². The van der Waals surface area contributed by atoms with E-state index >= 15 is 0 Å². The summed E-state index contributed by atoms with van der Waals surface area (Å²) in [5, 5.41) is 16.5. The zero-order chi connectivity index (χ0) is 13.0. The second kappa shape index (κ2) is 5.21. The van der Waals surface area contributed by atoms with Gasteiger partial charge in [0.25, 0.3) is 5.69 Å². The summed E-state index contributed by atoms with van der Waals surface area (Å²) in [6.07, 6.45) is 0.991. The monoisotopic (exact) mass is 259 g/mol. The molecule has 0 aliphatic rings. The van der Waals surface area contributed by atoms with Crippen molar-refractivity contribution in [2.24, 2.45) is 21.7 Å². The molecule has 0 fully saturated rings. The van der Waals surface area contributed by atoms with Gasteiger partial charge in [0.15, 0.2) is 10.8 Å². The number of nitrogens with zero attached hydrogens (tertiary/aromatic N) is 3. The van der Waals surface area contributed by atoms with E-state index in [1.54, 1.807) is 0 Å². The first kappa shape index (κ1) is 12.8. The normalized spacial score (nSPS) is 10.5. The molecule has 0 aromatic heterocycles. The van der Waals surface area contributed by atoms with E-state index < -0.39 is 21.5 Å². The Balaban J connectivity index is 3.13. The van der Waals surface area contributed by atoms with Gasteiger partial charge in [-0.3, -0.25) is 10.1 Å². The van der Waals surface area contributed by atoms with Gasteiger partial charge < -0.3 is 11.5 Å². The van der Waals surface area contributed by atoms with Crippen LogP contribution in [0, 0.1) is 15.9 Å². The number of halogens is 2. The van der Waals surface area contributed by atoms with Gasteiger partial charge in [0.1, 0.15) is 0 Å². The zero-order valence-electron chi connectivity index (χ0n) is 8.30. The molecule has 0 amide bonds. The molecule has 9 heteroatoms. The average molecular weight is 260 g/mol. The third kappa shape index (κ3) is 3.11. The maximum atomic E-state index is 13.5. The first-order chi connectivity index (χ1) is 7.93. The van der Waals surface area contributed by atoms with Crippen molar-refractivity contribution in [2.45, 2.75) is 0 Å². The van der Waals surface area contributed by atoms with Crippen LogP contribution in [0.1, 0.15) is 5.56 Å². The lowest BCUT2D eigenvalue weighted by Gasteiger charge is -1.99. The predicted octanol–water partition coefficient (Wildman–Crippen LogP) is 0.995. The molecule has 17 heavy (non-hydrogen) atoms. The van der Waals surface area contributed by atoms with Crippen LogP contribution in [-0.2, 0) is 0 Å². The highest BCUT2D eigenvalue weighted by atomic mass is 35.5. The molecule has 0 bridgehead atoms. The molecule has 1 rings (SSSR count). The third-order valence-electron chi connectivity index (χ3n) is 1.66. The van der Waals surface area contributed by atoms with Crippen LogP contribution < -0.4 is 11.5 Å². The Morgan fingerprint density at radius 3 is 2.71 bits per heavy atom. The smallest absolute Gasteiger partial charge is 0.290 e. The van der Waals surface area contributed by atoms with Gasteiger partial charge in [-0.2, -0.15) is 5.10 Å². The summed E-state index contributed by atoms with van der Waals surface area (Å²) >= 11 is 5.47. The minimum atomic E-state index is -0.963. The summed E-state index contributed by atoms with van der Waals surface area (Å²) in [6.45, 7) is 0. The van der Waals surface area contributed by atoms with Crippen molar-refractivity contribution >= 4 is 29.5 Å². The molecule has 4 N–H and O–H groups in total. The lowest BCUT2D eigenvalue weighted by molar-refractivity contribution is -0.384. The fourth-order valence-electron chi connectivity index (χ4n) is 0.953. The van der Waals surface area contributed by atoms with Crippen molar-refractivity contribution in [3.63, 3.8) is 0 Å². The molecule has 0 atom stereocenters. The summed E-state index contributed by atoms with van der Waals surface area (Å²) in [7, 11) is 0. The van der Waals surface area contributed by atoms with Gasteiger partial charge in [0.2, 0.25) is 5.96 Å². The Morgan fingerprint density at radius 2 is 2.18 bits per heavy atom. The Bertz CT molecular complexity index is 513. The molecular weight excluding hydrogens is 253 g/mol. The number of guanidine groups is 1. The largest absolute Gasteiger partial charge is 0.369 e. The van der Waals surface area contributed by atoms with Crippen LogP contribution in [-0.4, -0.2) is 17.1 Å². The van der Waals surface area contributed by atoms with Crippen molar-refractivity contribution in [1.29, 1.82) is 0 Å². The molecule has 1 aromatic rings. The molecular formula is C8H7ClFN5O2. The van der Waals surface area contributed by atoms with Crippen LogP contribution in [0.4, 0.5) is 10.1 Å². The van der Waals surface area contributed by atoms with E-state index in [4.69, 9.17) is 23.1 Å². The van der Waals surface area contributed by atoms with Gasteiger partial charge in [0, 0.05) is 11.6 Å². The number of hydrogen-bond acceptors (Lipinski definition) is 4. The van der Waals surface area contributed by atoms with Crippen molar-refractivity contribution < 1.29 is 9.31 Å². The minimum Gasteiger partial charge on any atom is -0.369 e. The van der Waals surface area contributed by atoms with Crippen LogP contribution in [0.25, 0.3) is 0 Å². The maximum absolute atomic E-state index is 13.5. The molecule has 0 aliphatic heterocycles. The summed E-state index contributed by atoms with van der Waals surface area (Å²) in [4.78, 5) is 9.67. The summed E-state index contributed by atoms with van der Waals surface area (Å²) in [6, 6.07) is 2.20. The third-order valence-corrected chi connectivity index (χ3v) is 2.02. The van der Waals surface area contributed by atoms with Crippen LogP contribution in [0.3, 0.4) is 0 Å². The van der Waals surface area contributed by atoms with E-state index in [2.05, 4.69) is 10.2 Å². The molecule has 0 saturated heterocycles. The first-order valence-electron chi connectivity index (χ1n) is 4.18. The minimum absolute atomic E-state index is 0.0643. The molecule has 1 aromatic carbocycles. The Labute approximate surface area is 99.7 Å². The van der Waals surface area contributed by atoms with Gasteiger partial charge in [-0.1, -0.05) is 11.6 Å². The van der Waals surface area contributed by atoms with E-state index in [9.17, 15) is 14.5 Å². The van der Waals surface area contributed by atoms with Gasteiger partial charge in [-0.05, 0) is 6.07 Å². The van der Waals surface area contributed by atoms with Crippen molar-refractivity contribution in [3.8, 4) is 0 Å². The maximum Gasteiger partial charge on any atom is 0.290 e. The van der Waals surface area contributed by atoms with E-state index in [0.29, 0.717) is 0 Å². The average Bonchev–Trinajstić information content (AvgIpc) is 2.23. The predicted molar refractivity (Wildman–Crippen MR) is 61.5 cm³/mol. The van der Waals surface area contributed by atoms with Crippen molar-refractivity contribution in [2.75, 3.05) is 0 Å². The molecule has 90 valence electrons. The second-order valence-electron chi connectivity index (χ2n) is 2.83. The van der Waals surface area contributed by atoms with Crippen LogP contribution >= 0.6 is 11.6 Å². The molecule has 0 saturated carbocycles. The van der Waals surface area contributed by atoms with Crippen LogP contribution in [0.5, 0.6) is 0 Å². The summed E-state index contributed by atoms with van der Waals surface area (Å²) < 4.78 is 13.5. The highest BCUT2D eigenvalue weighted by molar-refractivity contribution is 6.33. The lowest BCUT2D eigenvalue weighted by atomic mass is 10.2. The molecule has 7 nitrogen and oxygen atoms in total. The summed E-state index contributed by atoms with van der Waals surface area (Å²) in [5.41, 5.74) is 9.40. The fourth-order valence-corrected chi connectivity index (χ4v) is 1.19. The van der Waals surface area contributed by atoms with Crippen LogP contribution in [0.2, 0.25) is 5.02 Å². The van der Waals surface area contributed by atoms with Gasteiger partial charge in [0.05, 0.1) is 11.1 Å². The van der Waals surface area contributed by atoms with E-state index in [1.165, 1.54) is 0 Å². The quantitative estimate of drug-likeness (QED) is 0.364. The number of nitro benzene ring substituents is 1. The SMILES string of the molecule is NC(N)=N/N=C/c1ccc([N+](=O)[O-])c(Cl)c1F. The second-order valence-corrected chi connectivity index (χ2v) is 3.21. The number of nitro groups is 1. The molecule has 0 spiro atoms. The summed E-state index contributed by atoms with van der Waals surface area (Å²) in [5.74, 6) is -1.26. The fraction of sp³-hybridized carbons (Fsp3) is 0. The molecule has 0 heterocycles. The highest BCUT2D eigenvalue weighted by Crippen LogP contribution is 2.28. The van der Waals surface area contributed by atoms with Gasteiger partial charge in [-0.25, -0.2) is 4.39 Å². The van der Waals surface area contributed by atoms with Crippen molar-refractivity contribution in [3.05, 3.63) is 38.7 Å². The Hall–Kier alpha value is -2.22. The number of benzene rings is 1. The lowest BCUT2D eigenvalue weighted by Crippen LogP contribution is -2.21. The molecule has 0 aliphatic carbocycles. The number of nitrogens with two attached hydrogens (primary N) is 2. The standard InChI is InChI=1S/C8H7ClFN5O2/c9-6-5(15(16)17)2-1-4(7(6)10)3-13-14-8(11)12/h1-3H,(H4,11,12,14)/b13-3+. The highest BCUT2D eigenvalue weighted by Gasteiger charge is 2.18. The van der Waals surface area contributed by atoms with E-state index in [-0.39, 0.29) is 11.5 Å². The number of rotatable bonds is 3. The number of hydrogen-bond donors (Lipinski definition) is 2. The van der Waals surface area contributed by atoms with Gasteiger partial charge in [-0.15, -0.1) is 5.10 Å². The topological polar surface area (TPSA) is 120 Å². The van der Waals surface area contributed by atoms with Gasteiger partial charge >= 0.3 is 0 Å². The Kier molecular flexibility index (Phi) is 3.94. The Morgan fingerprint density at radius 1 is 1.53 bits per heavy atom. The van der Waals surface area contributed by atoms with E-state index in [0.717, 1.165) is 18.3 Å².